The SMILES string of the molecule is Cc1ncnc(C(=O)N2CCC3(c4c(n(CC(=O)Nc5ccc(C6CC6)c(F)c5F)c5nc(C6=CCOCC6)nn5c4=O)[C@H]4C[C@H]43)[C@@H]3CC[C@@H]32)c1O. The van der Waals surface area contributed by atoms with Gasteiger partial charge in [-0.05, 0) is 86.8 Å². The highest BCUT2D eigenvalue weighted by Gasteiger charge is 2.70. The molecule has 1 aromatic carbocycles. The second-order valence-corrected chi connectivity index (χ2v) is 15.2. The Morgan fingerprint density at radius 1 is 1.12 bits per heavy atom. The molecule has 15 heteroatoms. The molecule has 2 aliphatic heterocycles. The molecule has 2 amide bonds. The largest absolute Gasteiger partial charge is 0.504 e. The van der Waals surface area contributed by atoms with Gasteiger partial charge in [0, 0.05) is 35.2 Å². The van der Waals surface area contributed by atoms with Gasteiger partial charge in [0.2, 0.25) is 11.7 Å². The van der Waals surface area contributed by atoms with E-state index in [1.54, 1.807) is 16.4 Å². The molecular weight excluding hydrogens is 674 g/mol. The van der Waals surface area contributed by atoms with Crippen molar-refractivity contribution in [3.63, 3.8) is 0 Å². The molecule has 5 atom stereocenters. The molecule has 5 heterocycles. The molecule has 1 unspecified atom stereocenters. The first-order valence-electron chi connectivity index (χ1n) is 18.1. The van der Waals surface area contributed by atoms with E-state index < -0.39 is 23.0 Å². The summed E-state index contributed by atoms with van der Waals surface area (Å²) in [7, 11) is 0. The van der Waals surface area contributed by atoms with Gasteiger partial charge in [-0.1, -0.05) is 12.1 Å². The van der Waals surface area contributed by atoms with Crippen LogP contribution in [0.15, 0.2) is 29.3 Å². The predicted molar refractivity (Wildman–Crippen MR) is 181 cm³/mol. The zero-order valence-corrected chi connectivity index (χ0v) is 28.4. The lowest BCUT2D eigenvalue weighted by molar-refractivity contribution is -0.116. The summed E-state index contributed by atoms with van der Waals surface area (Å²) in [6.45, 7) is 2.58. The summed E-state index contributed by atoms with van der Waals surface area (Å²) in [6.07, 6.45) is 8.24. The molecule has 13 nitrogen and oxygen atoms in total. The van der Waals surface area contributed by atoms with Crippen LogP contribution in [0.5, 0.6) is 5.75 Å². The van der Waals surface area contributed by atoms with E-state index in [4.69, 9.17) is 14.8 Å². The summed E-state index contributed by atoms with van der Waals surface area (Å²) in [5, 5.41) is 17.9. The molecule has 2 N–H and O–H groups in total. The summed E-state index contributed by atoms with van der Waals surface area (Å²) in [5.41, 5.74) is 1.73. The number of hydrogen-bond acceptors (Lipinski definition) is 9. The number of carbonyl (C=O) groups is 2. The normalized spacial score (nSPS) is 27.1. The van der Waals surface area contributed by atoms with Crippen LogP contribution in [0.4, 0.5) is 14.5 Å². The van der Waals surface area contributed by atoms with Gasteiger partial charge in [-0.15, -0.1) is 5.10 Å². The molecule has 268 valence electrons. The maximum Gasteiger partial charge on any atom is 0.279 e. The second-order valence-electron chi connectivity index (χ2n) is 15.2. The van der Waals surface area contributed by atoms with Gasteiger partial charge < -0.3 is 24.6 Å². The number of halogens is 2. The minimum Gasteiger partial charge on any atom is -0.504 e. The Kier molecular flexibility index (Phi) is 6.84. The Labute approximate surface area is 295 Å². The molecule has 4 fully saturated rings. The number of piperidine rings is 1. The molecule has 3 aromatic heterocycles. The van der Waals surface area contributed by atoms with E-state index in [9.17, 15) is 23.9 Å². The molecule has 6 aliphatic rings. The minimum absolute atomic E-state index is 0.00646. The number of nitrogens with zero attached hydrogens (tertiary/aromatic N) is 7. The molecule has 52 heavy (non-hydrogen) atoms. The van der Waals surface area contributed by atoms with E-state index in [0.29, 0.717) is 55.2 Å². The monoisotopic (exact) mass is 710 g/mol. The van der Waals surface area contributed by atoms with Crippen molar-refractivity contribution in [3.8, 4) is 5.75 Å². The van der Waals surface area contributed by atoms with Crippen molar-refractivity contribution in [2.75, 3.05) is 25.1 Å². The molecular formula is C37H36F2N8O5. The van der Waals surface area contributed by atoms with Crippen LogP contribution < -0.4 is 10.9 Å². The van der Waals surface area contributed by atoms with Crippen LogP contribution in [0, 0.1) is 30.4 Å². The molecule has 1 saturated heterocycles. The Morgan fingerprint density at radius 3 is 2.71 bits per heavy atom. The fourth-order valence-electron chi connectivity index (χ4n) is 9.77. The van der Waals surface area contributed by atoms with E-state index >= 15 is 4.39 Å². The highest BCUT2D eigenvalue weighted by Crippen LogP contribution is 2.72. The van der Waals surface area contributed by atoms with E-state index in [2.05, 4.69) is 15.3 Å². The average molecular weight is 711 g/mol. The molecule has 4 aromatic rings. The van der Waals surface area contributed by atoms with Gasteiger partial charge in [-0.3, -0.25) is 14.4 Å². The van der Waals surface area contributed by atoms with Gasteiger partial charge in [0.15, 0.2) is 28.9 Å². The van der Waals surface area contributed by atoms with Gasteiger partial charge in [-0.2, -0.15) is 9.50 Å². The van der Waals surface area contributed by atoms with Crippen LogP contribution in [-0.2, 0) is 21.5 Å². The second kappa shape index (κ2) is 11.2. The first-order chi connectivity index (χ1) is 25.2. The third-order valence-electron chi connectivity index (χ3n) is 12.5. The smallest absolute Gasteiger partial charge is 0.279 e. The first-order valence-corrected chi connectivity index (χ1v) is 18.1. The fourth-order valence-corrected chi connectivity index (χ4v) is 9.77. The van der Waals surface area contributed by atoms with Crippen molar-refractivity contribution in [2.45, 2.75) is 81.7 Å². The number of benzene rings is 1. The molecule has 4 aliphatic carbocycles. The van der Waals surface area contributed by atoms with Crippen molar-refractivity contribution in [1.82, 2.24) is 34.0 Å². The number of likely N-dealkylation sites (tertiary alicyclic amines) is 1. The van der Waals surface area contributed by atoms with Gasteiger partial charge in [0.25, 0.3) is 11.5 Å². The van der Waals surface area contributed by atoms with Gasteiger partial charge in [-0.25, -0.2) is 18.7 Å². The molecule has 0 bridgehead atoms. The lowest BCUT2D eigenvalue weighted by Crippen LogP contribution is -2.64. The summed E-state index contributed by atoms with van der Waals surface area (Å²) in [5.74, 6) is -2.50. The van der Waals surface area contributed by atoms with Gasteiger partial charge in [0.05, 0.1) is 24.6 Å². The van der Waals surface area contributed by atoms with Crippen molar-refractivity contribution >= 4 is 28.9 Å². The number of anilines is 1. The highest BCUT2D eigenvalue weighted by atomic mass is 19.2. The standard InChI is InChI=1S/C37H36F2N8O5/c1-17-32(49)30(41-16-40-17)35(51)45-11-10-37(22-5-7-25(22)45)23-14-21(23)31-27(37)34(50)47-36(43-33(44-47)19-8-12-52-13-9-19)46(31)15-26(48)42-24-6-4-20(18-2-3-18)28(38)29(24)39/h4,6,8,16,18,21-23,25,49H,2-3,5,7,9-15H2,1H3,(H,42,48)/t21-,22+,23+,25-,37?/m0/s1. The Morgan fingerprint density at radius 2 is 1.96 bits per heavy atom. The zero-order chi connectivity index (χ0) is 35.6. The van der Waals surface area contributed by atoms with E-state index in [0.717, 1.165) is 43.4 Å². The number of amides is 2. The summed E-state index contributed by atoms with van der Waals surface area (Å²) < 4.78 is 38.7. The number of nitrogens with one attached hydrogen (secondary N) is 1. The van der Waals surface area contributed by atoms with E-state index in [1.807, 2.05) is 6.08 Å². The minimum atomic E-state index is -1.09. The van der Waals surface area contributed by atoms with Crippen molar-refractivity contribution in [1.29, 1.82) is 0 Å². The molecule has 3 saturated carbocycles. The average Bonchev–Trinajstić information content (AvgIpc) is 4.06. The molecule has 1 spiro atoms. The van der Waals surface area contributed by atoms with Crippen LogP contribution in [0.25, 0.3) is 11.4 Å². The molecule has 10 rings (SSSR count). The maximum absolute atomic E-state index is 15.2. The molecule has 0 radical (unpaired) electrons. The van der Waals surface area contributed by atoms with Crippen LogP contribution >= 0.6 is 0 Å². The van der Waals surface area contributed by atoms with Crippen LogP contribution in [-0.4, -0.2) is 76.8 Å². The lowest BCUT2D eigenvalue weighted by atomic mass is 9.54. The third kappa shape index (κ3) is 4.43. The number of aromatic hydroxyl groups is 1. The number of aryl methyl sites for hydroxylation is 1. The Bertz CT molecular complexity index is 2330. The quantitative estimate of drug-likeness (QED) is 0.302. The summed E-state index contributed by atoms with van der Waals surface area (Å²) >= 11 is 0. The van der Waals surface area contributed by atoms with Crippen LogP contribution in [0.2, 0.25) is 0 Å². The summed E-state index contributed by atoms with van der Waals surface area (Å²) in [6, 6.07) is 2.78. The van der Waals surface area contributed by atoms with Crippen molar-refractivity contribution in [2.24, 2.45) is 11.8 Å². The highest BCUT2D eigenvalue weighted by molar-refractivity contribution is 5.95. The van der Waals surface area contributed by atoms with Crippen LogP contribution in [0.1, 0.15) is 95.6 Å². The fraction of sp³-hybridized carbons (Fsp3) is 0.486. The zero-order valence-electron chi connectivity index (χ0n) is 28.4. The number of rotatable bonds is 6. The number of hydrogen-bond donors (Lipinski definition) is 2. The van der Waals surface area contributed by atoms with Crippen molar-refractivity contribution < 1.29 is 28.2 Å². The maximum atomic E-state index is 15.2. The number of fused-ring (bicyclic) bond motifs is 8. The third-order valence-corrected chi connectivity index (χ3v) is 12.5. The van der Waals surface area contributed by atoms with Crippen LogP contribution in [0.3, 0.4) is 0 Å². The first kappa shape index (κ1) is 31.7. The Balaban J connectivity index is 1.05. The van der Waals surface area contributed by atoms with E-state index in [1.165, 1.54) is 23.0 Å². The lowest BCUT2D eigenvalue weighted by Gasteiger charge is -2.58. The topological polar surface area (TPSA) is 157 Å². The predicted octanol–water partition coefficient (Wildman–Crippen LogP) is 3.97. The van der Waals surface area contributed by atoms with Gasteiger partial charge >= 0.3 is 0 Å². The Hall–Kier alpha value is -5.05. The van der Waals surface area contributed by atoms with Crippen molar-refractivity contribution in [3.05, 3.63) is 80.6 Å². The number of carbonyl (C=O) groups excluding carboxylic acids is 2. The summed E-state index contributed by atoms with van der Waals surface area (Å²) in [4.78, 5) is 57.0. The number of aromatic nitrogens is 6. The number of ether oxygens (including phenoxy) is 1. The van der Waals surface area contributed by atoms with E-state index in [-0.39, 0.29) is 70.6 Å². The van der Waals surface area contributed by atoms with Gasteiger partial charge in [0.1, 0.15) is 12.9 Å².